The third-order valence-electron chi connectivity index (χ3n) is 7.93. The van der Waals surface area contributed by atoms with E-state index in [1.54, 1.807) is 12.1 Å². The van der Waals surface area contributed by atoms with Gasteiger partial charge in [0.05, 0.1) is 6.10 Å². The lowest BCUT2D eigenvalue weighted by atomic mass is 9.76. The summed E-state index contributed by atoms with van der Waals surface area (Å²) in [4.78, 5) is 0. The Labute approximate surface area is 203 Å². The molecule has 186 valence electrons. The number of fused-ring (bicyclic) bond motifs is 1. The molecule has 34 heavy (non-hydrogen) atoms. The van der Waals surface area contributed by atoms with Crippen LogP contribution in [-0.4, -0.2) is 6.10 Å². The first-order valence-electron chi connectivity index (χ1n) is 13.5. The van der Waals surface area contributed by atoms with Crippen LogP contribution in [0.4, 0.5) is 13.2 Å². The SMILES string of the molecule is CCCCCCCc1cc(F)c2c(c1)CCC(CCC1CCC(c3ccc(F)c(F)c3)CC1)O2. The summed E-state index contributed by atoms with van der Waals surface area (Å²) in [5.41, 5.74) is 3.06. The Morgan fingerprint density at radius 2 is 1.59 bits per heavy atom. The van der Waals surface area contributed by atoms with E-state index in [-0.39, 0.29) is 11.9 Å². The maximum Gasteiger partial charge on any atom is 0.165 e. The van der Waals surface area contributed by atoms with E-state index in [1.807, 2.05) is 0 Å². The first-order chi connectivity index (χ1) is 16.5. The van der Waals surface area contributed by atoms with Crippen molar-refractivity contribution in [1.29, 1.82) is 0 Å². The van der Waals surface area contributed by atoms with Gasteiger partial charge in [0.25, 0.3) is 0 Å². The minimum absolute atomic E-state index is 0.0887. The maximum atomic E-state index is 14.8. The molecule has 0 saturated heterocycles. The minimum atomic E-state index is -0.776. The Kier molecular flexibility index (Phi) is 8.97. The highest BCUT2D eigenvalue weighted by Crippen LogP contribution is 2.39. The highest BCUT2D eigenvalue weighted by atomic mass is 19.2. The van der Waals surface area contributed by atoms with Crippen LogP contribution in [0.1, 0.15) is 107 Å². The molecule has 0 N–H and O–H groups in total. The van der Waals surface area contributed by atoms with Crippen molar-refractivity contribution < 1.29 is 17.9 Å². The summed E-state index contributed by atoms with van der Waals surface area (Å²) in [6, 6.07) is 8.17. The van der Waals surface area contributed by atoms with E-state index >= 15 is 0 Å². The predicted molar refractivity (Wildman–Crippen MR) is 132 cm³/mol. The van der Waals surface area contributed by atoms with Gasteiger partial charge in [-0.05, 0) is 111 Å². The van der Waals surface area contributed by atoms with Crippen LogP contribution in [0.15, 0.2) is 30.3 Å². The summed E-state index contributed by atoms with van der Waals surface area (Å²) in [6.45, 7) is 2.22. The van der Waals surface area contributed by atoms with E-state index < -0.39 is 11.6 Å². The number of hydrogen-bond donors (Lipinski definition) is 0. The summed E-state index contributed by atoms with van der Waals surface area (Å²) < 4.78 is 47.7. The van der Waals surface area contributed by atoms with Gasteiger partial charge in [-0.15, -0.1) is 0 Å². The molecule has 2 aromatic carbocycles. The van der Waals surface area contributed by atoms with E-state index in [4.69, 9.17) is 4.74 Å². The largest absolute Gasteiger partial charge is 0.487 e. The molecule has 2 aliphatic rings. The zero-order chi connectivity index (χ0) is 23.9. The van der Waals surface area contributed by atoms with Crippen molar-refractivity contribution in [2.24, 2.45) is 5.92 Å². The van der Waals surface area contributed by atoms with Crippen molar-refractivity contribution in [3.8, 4) is 5.75 Å². The molecule has 0 bridgehead atoms. The summed E-state index contributed by atoms with van der Waals surface area (Å²) in [5.74, 6) is -0.293. The quantitative estimate of drug-likeness (QED) is 0.313. The third kappa shape index (κ3) is 6.58. The van der Waals surface area contributed by atoms with Gasteiger partial charge in [-0.1, -0.05) is 44.7 Å². The Bertz CT molecular complexity index is 933. The van der Waals surface area contributed by atoms with Crippen LogP contribution in [-0.2, 0) is 12.8 Å². The fourth-order valence-electron chi connectivity index (χ4n) is 5.83. The van der Waals surface area contributed by atoms with Gasteiger partial charge in [0.1, 0.15) is 0 Å². The fourth-order valence-corrected chi connectivity index (χ4v) is 5.83. The van der Waals surface area contributed by atoms with Crippen molar-refractivity contribution in [2.45, 2.75) is 109 Å². The summed E-state index contributed by atoms with van der Waals surface area (Å²) in [7, 11) is 0. The van der Waals surface area contributed by atoms with Crippen molar-refractivity contribution in [3.63, 3.8) is 0 Å². The Morgan fingerprint density at radius 1 is 0.794 bits per heavy atom. The molecule has 1 heterocycles. The topological polar surface area (TPSA) is 9.23 Å². The van der Waals surface area contributed by atoms with Crippen LogP contribution in [0.25, 0.3) is 0 Å². The fraction of sp³-hybridized carbons (Fsp3) is 0.600. The number of hydrogen-bond acceptors (Lipinski definition) is 1. The first kappa shape index (κ1) is 25.1. The summed E-state index contributed by atoms with van der Waals surface area (Å²) in [6.07, 6.45) is 15.3. The van der Waals surface area contributed by atoms with E-state index in [1.165, 1.54) is 37.8 Å². The summed E-state index contributed by atoms with van der Waals surface area (Å²) >= 11 is 0. The summed E-state index contributed by atoms with van der Waals surface area (Å²) in [5, 5.41) is 0. The lowest BCUT2D eigenvalue weighted by molar-refractivity contribution is 0.141. The van der Waals surface area contributed by atoms with Crippen molar-refractivity contribution >= 4 is 0 Å². The molecule has 1 aliphatic carbocycles. The van der Waals surface area contributed by atoms with Gasteiger partial charge in [-0.3, -0.25) is 0 Å². The van der Waals surface area contributed by atoms with Crippen LogP contribution in [0.3, 0.4) is 0 Å². The van der Waals surface area contributed by atoms with Gasteiger partial charge in [-0.25, -0.2) is 13.2 Å². The standard InChI is InChI=1S/C30H39F3O/c1-2-3-4-5-6-7-22-18-25-13-16-26(34-30(25)29(33)19-22)15-10-21-8-11-23(12-9-21)24-14-17-27(31)28(32)20-24/h14,17-21,23,26H,2-13,15-16H2,1H3. The van der Waals surface area contributed by atoms with E-state index in [2.05, 4.69) is 13.0 Å². The van der Waals surface area contributed by atoms with Crippen molar-refractivity contribution in [3.05, 3.63) is 64.5 Å². The van der Waals surface area contributed by atoms with E-state index in [0.717, 1.165) is 80.9 Å². The molecule has 1 aliphatic heterocycles. The normalized spacial score (nSPS) is 22.3. The number of rotatable bonds is 10. The molecule has 1 saturated carbocycles. The number of unbranched alkanes of at least 4 members (excludes halogenated alkanes) is 4. The smallest absolute Gasteiger partial charge is 0.165 e. The van der Waals surface area contributed by atoms with Gasteiger partial charge in [-0.2, -0.15) is 0 Å². The van der Waals surface area contributed by atoms with Crippen LogP contribution in [0, 0.1) is 23.4 Å². The zero-order valence-electron chi connectivity index (χ0n) is 20.6. The van der Waals surface area contributed by atoms with E-state index in [0.29, 0.717) is 17.6 Å². The average molecular weight is 473 g/mol. The zero-order valence-corrected chi connectivity index (χ0v) is 20.6. The Hall–Kier alpha value is -1.97. The molecule has 0 aromatic heterocycles. The van der Waals surface area contributed by atoms with Gasteiger partial charge in [0.2, 0.25) is 0 Å². The molecular formula is C30H39F3O. The first-order valence-corrected chi connectivity index (χ1v) is 13.5. The van der Waals surface area contributed by atoms with Gasteiger partial charge in [0, 0.05) is 0 Å². The molecule has 4 rings (SSSR count). The van der Waals surface area contributed by atoms with Gasteiger partial charge >= 0.3 is 0 Å². The van der Waals surface area contributed by atoms with Crippen LogP contribution in [0.2, 0.25) is 0 Å². The van der Waals surface area contributed by atoms with Crippen LogP contribution in [0.5, 0.6) is 5.75 Å². The third-order valence-corrected chi connectivity index (χ3v) is 7.93. The number of benzene rings is 2. The molecule has 0 spiro atoms. The van der Waals surface area contributed by atoms with Crippen LogP contribution >= 0.6 is 0 Å². The maximum absolute atomic E-state index is 14.8. The molecule has 1 fully saturated rings. The predicted octanol–water partition coefficient (Wildman–Crippen LogP) is 9.06. The average Bonchev–Trinajstić information content (AvgIpc) is 2.85. The second kappa shape index (κ2) is 12.1. The van der Waals surface area contributed by atoms with Crippen molar-refractivity contribution in [2.75, 3.05) is 0 Å². The molecular weight excluding hydrogens is 433 g/mol. The Balaban J connectivity index is 1.22. The van der Waals surface area contributed by atoms with Crippen LogP contribution < -0.4 is 4.74 Å². The molecule has 0 radical (unpaired) electrons. The highest BCUT2D eigenvalue weighted by Gasteiger charge is 2.27. The van der Waals surface area contributed by atoms with E-state index in [9.17, 15) is 13.2 Å². The number of aryl methyl sites for hydroxylation is 2. The lowest BCUT2D eigenvalue weighted by Crippen LogP contribution is -2.25. The molecule has 0 amide bonds. The second-order valence-electron chi connectivity index (χ2n) is 10.5. The number of halogens is 3. The molecule has 2 aromatic rings. The number of ether oxygens (including phenoxy) is 1. The molecule has 4 heteroatoms. The highest BCUT2D eigenvalue weighted by molar-refractivity contribution is 5.40. The lowest BCUT2D eigenvalue weighted by Gasteiger charge is -2.31. The van der Waals surface area contributed by atoms with Gasteiger partial charge < -0.3 is 4.74 Å². The minimum Gasteiger partial charge on any atom is -0.487 e. The Morgan fingerprint density at radius 3 is 2.35 bits per heavy atom. The van der Waals surface area contributed by atoms with Gasteiger partial charge in [0.15, 0.2) is 23.2 Å². The van der Waals surface area contributed by atoms with Crippen molar-refractivity contribution in [1.82, 2.24) is 0 Å². The second-order valence-corrected chi connectivity index (χ2v) is 10.5. The molecule has 1 nitrogen and oxygen atoms in total. The molecule has 1 unspecified atom stereocenters. The molecule has 1 atom stereocenters. The monoisotopic (exact) mass is 472 g/mol.